The predicted octanol–water partition coefficient (Wildman–Crippen LogP) is 4.09. The maximum atomic E-state index is 14.0. The van der Waals surface area contributed by atoms with Crippen LogP contribution in [0.25, 0.3) is 11.1 Å². The Morgan fingerprint density at radius 3 is 2.63 bits per heavy atom. The number of benzene rings is 2. The molecular formula is C16H15FO2. The number of carbonyl (C=O) groups is 1. The molecular weight excluding hydrogens is 243 g/mol. The number of halogens is 1. The fourth-order valence-corrected chi connectivity index (χ4v) is 1.85. The number of hydrogen-bond donors (Lipinski definition) is 0. The molecule has 2 aromatic carbocycles. The first-order valence-electron chi connectivity index (χ1n) is 6.23. The van der Waals surface area contributed by atoms with Gasteiger partial charge < -0.3 is 4.74 Å². The summed E-state index contributed by atoms with van der Waals surface area (Å²) in [4.78, 5) is 10.6. The highest BCUT2D eigenvalue weighted by Gasteiger charge is 2.10. The van der Waals surface area contributed by atoms with Gasteiger partial charge in [0.25, 0.3) is 0 Å². The minimum absolute atomic E-state index is 0.327. The van der Waals surface area contributed by atoms with E-state index >= 15 is 0 Å². The Morgan fingerprint density at radius 1 is 1.16 bits per heavy atom. The first-order chi connectivity index (χ1) is 9.26. The van der Waals surface area contributed by atoms with Gasteiger partial charge in [0.2, 0.25) is 0 Å². The van der Waals surface area contributed by atoms with Crippen LogP contribution >= 0.6 is 0 Å². The number of para-hydroxylation sites is 1. The van der Waals surface area contributed by atoms with E-state index in [9.17, 15) is 9.18 Å². The van der Waals surface area contributed by atoms with Gasteiger partial charge in [-0.1, -0.05) is 37.3 Å². The number of carbonyl (C=O) groups excluding carboxylic acids is 1. The summed E-state index contributed by atoms with van der Waals surface area (Å²) in [7, 11) is 0. The SMILES string of the molecule is CCCOc1ccccc1-c1ccc(C=O)cc1F. The molecule has 0 aliphatic rings. The van der Waals surface area contributed by atoms with E-state index in [1.165, 1.54) is 6.07 Å². The maximum Gasteiger partial charge on any atom is 0.150 e. The lowest BCUT2D eigenvalue weighted by atomic mass is 10.0. The second-order valence-corrected chi connectivity index (χ2v) is 4.20. The average Bonchev–Trinajstić information content (AvgIpc) is 2.45. The smallest absolute Gasteiger partial charge is 0.150 e. The lowest BCUT2D eigenvalue weighted by Crippen LogP contribution is -1.97. The van der Waals surface area contributed by atoms with Gasteiger partial charge in [0, 0.05) is 16.7 Å². The van der Waals surface area contributed by atoms with Crippen LogP contribution in [0.5, 0.6) is 5.75 Å². The molecule has 2 rings (SSSR count). The van der Waals surface area contributed by atoms with Crippen molar-refractivity contribution in [2.75, 3.05) is 6.61 Å². The molecule has 0 unspecified atom stereocenters. The predicted molar refractivity (Wildman–Crippen MR) is 73.0 cm³/mol. The molecule has 0 bridgehead atoms. The van der Waals surface area contributed by atoms with Gasteiger partial charge in [-0.25, -0.2) is 4.39 Å². The van der Waals surface area contributed by atoms with E-state index < -0.39 is 5.82 Å². The number of aldehydes is 1. The number of hydrogen-bond acceptors (Lipinski definition) is 2. The molecule has 0 saturated carbocycles. The topological polar surface area (TPSA) is 26.3 Å². The summed E-state index contributed by atoms with van der Waals surface area (Å²) >= 11 is 0. The van der Waals surface area contributed by atoms with Crippen molar-refractivity contribution < 1.29 is 13.9 Å². The normalized spacial score (nSPS) is 10.2. The average molecular weight is 258 g/mol. The van der Waals surface area contributed by atoms with Gasteiger partial charge in [-0.2, -0.15) is 0 Å². The second kappa shape index (κ2) is 6.14. The third kappa shape index (κ3) is 2.99. The van der Waals surface area contributed by atoms with E-state index in [0.29, 0.717) is 35.3 Å². The molecule has 2 nitrogen and oxygen atoms in total. The van der Waals surface area contributed by atoms with Crippen LogP contribution in [-0.4, -0.2) is 12.9 Å². The molecule has 19 heavy (non-hydrogen) atoms. The molecule has 0 N–H and O–H groups in total. The monoisotopic (exact) mass is 258 g/mol. The highest BCUT2D eigenvalue weighted by atomic mass is 19.1. The fraction of sp³-hybridized carbons (Fsp3) is 0.188. The Balaban J connectivity index is 2.43. The minimum Gasteiger partial charge on any atom is -0.493 e. The van der Waals surface area contributed by atoms with Crippen molar-refractivity contribution in [2.24, 2.45) is 0 Å². The minimum atomic E-state index is -0.419. The molecule has 0 atom stereocenters. The van der Waals surface area contributed by atoms with Crippen LogP contribution in [0.4, 0.5) is 4.39 Å². The van der Waals surface area contributed by atoms with Crippen LogP contribution in [0.15, 0.2) is 42.5 Å². The largest absolute Gasteiger partial charge is 0.493 e. The Hall–Kier alpha value is -2.16. The van der Waals surface area contributed by atoms with Crippen molar-refractivity contribution in [1.29, 1.82) is 0 Å². The van der Waals surface area contributed by atoms with Gasteiger partial charge in [0.1, 0.15) is 17.9 Å². The zero-order valence-electron chi connectivity index (χ0n) is 10.7. The summed E-state index contributed by atoms with van der Waals surface area (Å²) in [6.45, 7) is 2.60. The van der Waals surface area contributed by atoms with Crippen molar-refractivity contribution in [2.45, 2.75) is 13.3 Å². The molecule has 0 aromatic heterocycles. The van der Waals surface area contributed by atoms with Crippen molar-refractivity contribution in [3.63, 3.8) is 0 Å². The molecule has 0 spiro atoms. The summed E-state index contributed by atoms with van der Waals surface area (Å²) in [5.41, 5.74) is 1.47. The zero-order chi connectivity index (χ0) is 13.7. The standard InChI is InChI=1S/C16H15FO2/c1-2-9-19-16-6-4-3-5-14(16)13-8-7-12(11-18)10-15(13)17/h3-8,10-11H,2,9H2,1H3. The fourth-order valence-electron chi connectivity index (χ4n) is 1.85. The van der Waals surface area contributed by atoms with E-state index in [2.05, 4.69) is 0 Å². The molecule has 0 aliphatic carbocycles. The zero-order valence-corrected chi connectivity index (χ0v) is 10.7. The third-order valence-corrected chi connectivity index (χ3v) is 2.77. The first kappa shape index (κ1) is 13.3. The highest BCUT2D eigenvalue weighted by molar-refractivity contribution is 5.78. The van der Waals surface area contributed by atoms with Gasteiger partial charge in [-0.3, -0.25) is 4.79 Å². The van der Waals surface area contributed by atoms with Crippen LogP contribution in [0.2, 0.25) is 0 Å². The van der Waals surface area contributed by atoms with E-state index in [0.717, 1.165) is 6.42 Å². The van der Waals surface area contributed by atoms with Crippen LogP contribution in [0.3, 0.4) is 0 Å². The van der Waals surface area contributed by atoms with Crippen LogP contribution in [-0.2, 0) is 0 Å². The van der Waals surface area contributed by atoms with E-state index in [1.54, 1.807) is 12.1 Å². The summed E-state index contributed by atoms with van der Waals surface area (Å²) in [6.07, 6.45) is 1.52. The Labute approximate surface area is 111 Å². The molecule has 0 fully saturated rings. The summed E-state index contributed by atoms with van der Waals surface area (Å²) in [5, 5.41) is 0. The van der Waals surface area contributed by atoms with Crippen molar-refractivity contribution in [3.8, 4) is 16.9 Å². The third-order valence-electron chi connectivity index (χ3n) is 2.77. The van der Waals surface area contributed by atoms with Crippen molar-refractivity contribution in [1.82, 2.24) is 0 Å². The molecule has 2 aromatic rings. The lowest BCUT2D eigenvalue weighted by molar-refractivity contribution is 0.112. The van der Waals surface area contributed by atoms with E-state index in [4.69, 9.17) is 4.74 Å². The maximum absolute atomic E-state index is 14.0. The highest BCUT2D eigenvalue weighted by Crippen LogP contribution is 2.32. The quantitative estimate of drug-likeness (QED) is 0.755. The molecule has 98 valence electrons. The first-order valence-corrected chi connectivity index (χ1v) is 6.23. The van der Waals surface area contributed by atoms with Crippen LogP contribution in [0.1, 0.15) is 23.7 Å². The van der Waals surface area contributed by atoms with Crippen LogP contribution in [0, 0.1) is 5.82 Å². The van der Waals surface area contributed by atoms with E-state index in [1.807, 2.05) is 31.2 Å². The van der Waals surface area contributed by atoms with Crippen LogP contribution < -0.4 is 4.74 Å². The molecule has 0 aliphatic heterocycles. The Morgan fingerprint density at radius 2 is 1.95 bits per heavy atom. The van der Waals surface area contributed by atoms with Gasteiger partial charge in [-0.15, -0.1) is 0 Å². The Bertz CT molecular complexity index is 579. The van der Waals surface area contributed by atoms with Gasteiger partial charge in [-0.05, 0) is 18.6 Å². The van der Waals surface area contributed by atoms with Crippen molar-refractivity contribution >= 4 is 6.29 Å². The van der Waals surface area contributed by atoms with Crippen molar-refractivity contribution in [3.05, 3.63) is 53.8 Å². The lowest BCUT2D eigenvalue weighted by Gasteiger charge is -2.11. The number of ether oxygens (including phenoxy) is 1. The molecule has 0 radical (unpaired) electrons. The Kier molecular flexibility index (Phi) is 4.29. The molecule has 3 heteroatoms. The summed E-state index contributed by atoms with van der Waals surface area (Å²) < 4.78 is 19.6. The second-order valence-electron chi connectivity index (χ2n) is 4.20. The molecule has 0 heterocycles. The number of rotatable bonds is 5. The van der Waals surface area contributed by atoms with Gasteiger partial charge in [0.05, 0.1) is 6.61 Å². The summed E-state index contributed by atoms with van der Waals surface area (Å²) in [5.74, 6) is 0.235. The van der Waals surface area contributed by atoms with E-state index in [-0.39, 0.29) is 0 Å². The molecule has 0 amide bonds. The van der Waals surface area contributed by atoms with Gasteiger partial charge >= 0.3 is 0 Å². The molecule has 0 saturated heterocycles. The van der Waals surface area contributed by atoms with Gasteiger partial charge in [0.15, 0.2) is 0 Å². The summed E-state index contributed by atoms with van der Waals surface area (Å²) in [6, 6.07) is 11.8.